The molecule has 1 heteroatoms. The highest BCUT2D eigenvalue weighted by Crippen LogP contribution is 2.40. The van der Waals surface area contributed by atoms with Crippen LogP contribution in [0.1, 0.15) is 91.4 Å². The van der Waals surface area contributed by atoms with Crippen LogP contribution in [0.25, 0.3) is 0 Å². The van der Waals surface area contributed by atoms with Crippen LogP contribution in [0.4, 0.5) is 0 Å². The molecule has 20 heavy (non-hydrogen) atoms. The predicted octanol–water partition coefficient (Wildman–Crippen LogP) is 5.81. The first-order valence-electron chi connectivity index (χ1n) is 9.26. The molecule has 0 aliphatic heterocycles. The maximum absolute atomic E-state index is 8.74. The van der Waals surface area contributed by atoms with Gasteiger partial charge < -0.3 is 5.11 Å². The Morgan fingerprint density at radius 2 is 1.50 bits per heavy atom. The molecule has 0 spiro atoms. The summed E-state index contributed by atoms with van der Waals surface area (Å²) in [5.74, 6) is 3.85. The average Bonchev–Trinajstić information content (AvgIpc) is 2.41. The average molecular weight is 283 g/mol. The van der Waals surface area contributed by atoms with E-state index in [-0.39, 0.29) is 0 Å². The van der Waals surface area contributed by atoms with Crippen LogP contribution >= 0.6 is 0 Å². The van der Waals surface area contributed by atoms with Crippen molar-refractivity contribution in [2.45, 2.75) is 91.4 Å². The molecule has 1 saturated carbocycles. The quantitative estimate of drug-likeness (QED) is 0.501. The van der Waals surface area contributed by atoms with E-state index in [2.05, 4.69) is 20.8 Å². The maximum Gasteiger partial charge on any atom is 0.0431 e. The third-order valence-corrected chi connectivity index (χ3v) is 5.39. The van der Waals surface area contributed by atoms with Crippen molar-refractivity contribution in [2.75, 3.05) is 6.61 Å². The van der Waals surface area contributed by atoms with E-state index < -0.39 is 0 Å². The van der Waals surface area contributed by atoms with Gasteiger partial charge in [0.15, 0.2) is 0 Å². The second-order valence-electron chi connectivity index (χ2n) is 7.57. The molecule has 1 N–H and O–H groups in total. The Morgan fingerprint density at radius 3 is 2.10 bits per heavy atom. The minimum Gasteiger partial charge on any atom is -0.396 e. The molecule has 3 unspecified atom stereocenters. The van der Waals surface area contributed by atoms with E-state index in [4.69, 9.17) is 5.11 Å². The van der Waals surface area contributed by atoms with Gasteiger partial charge in [0, 0.05) is 6.61 Å². The fourth-order valence-electron chi connectivity index (χ4n) is 4.13. The van der Waals surface area contributed by atoms with Crippen LogP contribution in [0.2, 0.25) is 0 Å². The van der Waals surface area contributed by atoms with Gasteiger partial charge in [-0.15, -0.1) is 0 Å². The standard InChI is InChI=1S/C19H38O/c1-16(2)19-13-12-17(3)15-18(19)11-9-7-5-4-6-8-10-14-20/h16-20H,4-15H2,1-3H3. The van der Waals surface area contributed by atoms with Gasteiger partial charge in [-0.3, -0.25) is 0 Å². The number of hydrogen-bond donors (Lipinski definition) is 1. The molecular weight excluding hydrogens is 244 g/mol. The summed E-state index contributed by atoms with van der Waals surface area (Å²) >= 11 is 0. The first-order chi connectivity index (χ1) is 9.65. The molecule has 1 aliphatic rings. The number of aliphatic hydroxyl groups excluding tert-OH is 1. The molecule has 1 nitrogen and oxygen atoms in total. The third kappa shape index (κ3) is 7.11. The molecule has 0 aromatic heterocycles. The molecule has 0 bridgehead atoms. The van der Waals surface area contributed by atoms with Crippen LogP contribution < -0.4 is 0 Å². The molecule has 0 saturated heterocycles. The van der Waals surface area contributed by atoms with Gasteiger partial charge in [-0.2, -0.15) is 0 Å². The molecule has 3 atom stereocenters. The Bertz CT molecular complexity index is 224. The first-order valence-corrected chi connectivity index (χ1v) is 9.26. The van der Waals surface area contributed by atoms with E-state index >= 15 is 0 Å². The van der Waals surface area contributed by atoms with Crippen molar-refractivity contribution in [1.82, 2.24) is 0 Å². The summed E-state index contributed by atoms with van der Waals surface area (Å²) in [6.45, 7) is 7.67. The smallest absolute Gasteiger partial charge is 0.0431 e. The summed E-state index contributed by atoms with van der Waals surface area (Å²) < 4.78 is 0. The topological polar surface area (TPSA) is 20.2 Å². The summed E-state index contributed by atoms with van der Waals surface area (Å²) in [6, 6.07) is 0. The van der Waals surface area contributed by atoms with Gasteiger partial charge in [0.25, 0.3) is 0 Å². The molecule has 1 rings (SSSR count). The van der Waals surface area contributed by atoms with Crippen molar-refractivity contribution in [1.29, 1.82) is 0 Å². The Labute approximate surface area is 127 Å². The fourth-order valence-corrected chi connectivity index (χ4v) is 4.13. The maximum atomic E-state index is 8.74. The van der Waals surface area contributed by atoms with Gasteiger partial charge in [-0.1, -0.05) is 72.1 Å². The van der Waals surface area contributed by atoms with Gasteiger partial charge in [0.05, 0.1) is 0 Å². The molecule has 0 aromatic carbocycles. The predicted molar refractivity (Wildman–Crippen MR) is 88.9 cm³/mol. The van der Waals surface area contributed by atoms with Crippen LogP contribution in [0.5, 0.6) is 0 Å². The summed E-state index contributed by atoms with van der Waals surface area (Å²) in [6.07, 6.45) is 15.1. The Morgan fingerprint density at radius 1 is 0.900 bits per heavy atom. The zero-order valence-corrected chi connectivity index (χ0v) is 14.2. The molecule has 120 valence electrons. The number of hydrogen-bond acceptors (Lipinski definition) is 1. The van der Waals surface area contributed by atoms with Crippen molar-refractivity contribution in [3.05, 3.63) is 0 Å². The van der Waals surface area contributed by atoms with E-state index in [9.17, 15) is 0 Å². The van der Waals surface area contributed by atoms with Gasteiger partial charge >= 0.3 is 0 Å². The summed E-state index contributed by atoms with van der Waals surface area (Å²) in [4.78, 5) is 0. The highest BCUT2D eigenvalue weighted by molar-refractivity contribution is 4.80. The summed E-state index contributed by atoms with van der Waals surface area (Å²) in [7, 11) is 0. The van der Waals surface area contributed by atoms with Crippen LogP contribution in [-0.4, -0.2) is 11.7 Å². The second kappa shape index (κ2) is 10.7. The Hall–Kier alpha value is -0.0400. The van der Waals surface area contributed by atoms with Gasteiger partial charge in [0.2, 0.25) is 0 Å². The van der Waals surface area contributed by atoms with E-state index in [1.807, 2.05) is 0 Å². The monoisotopic (exact) mass is 282 g/mol. The molecule has 0 amide bonds. The lowest BCUT2D eigenvalue weighted by molar-refractivity contribution is 0.133. The Kier molecular flexibility index (Phi) is 9.59. The summed E-state index contributed by atoms with van der Waals surface area (Å²) in [5, 5.41) is 8.74. The van der Waals surface area contributed by atoms with E-state index in [0.717, 1.165) is 30.1 Å². The van der Waals surface area contributed by atoms with Gasteiger partial charge in [0.1, 0.15) is 0 Å². The van der Waals surface area contributed by atoms with Crippen molar-refractivity contribution in [3.63, 3.8) is 0 Å². The molecule has 0 radical (unpaired) electrons. The highest BCUT2D eigenvalue weighted by Gasteiger charge is 2.29. The van der Waals surface area contributed by atoms with Crippen LogP contribution in [-0.2, 0) is 0 Å². The third-order valence-electron chi connectivity index (χ3n) is 5.39. The molecule has 0 aromatic rings. The lowest BCUT2D eigenvalue weighted by atomic mass is 9.68. The van der Waals surface area contributed by atoms with Crippen molar-refractivity contribution in [2.24, 2.45) is 23.7 Å². The lowest BCUT2D eigenvalue weighted by Gasteiger charge is -2.37. The highest BCUT2D eigenvalue weighted by atomic mass is 16.2. The van der Waals surface area contributed by atoms with Crippen molar-refractivity contribution < 1.29 is 5.11 Å². The van der Waals surface area contributed by atoms with E-state index in [1.54, 1.807) is 0 Å². The van der Waals surface area contributed by atoms with Crippen LogP contribution in [0, 0.1) is 23.7 Å². The molecule has 1 fully saturated rings. The van der Waals surface area contributed by atoms with E-state index in [0.29, 0.717) is 6.61 Å². The zero-order valence-electron chi connectivity index (χ0n) is 14.2. The zero-order chi connectivity index (χ0) is 14.8. The van der Waals surface area contributed by atoms with Crippen LogP contribution in [0.15, 0.2) is 0 Å². The minimum absolute atomic E-state index is 0.371. The van der Waals surface area contributed by atoms with Gasteiger partial charge in [-0.25, -0.2) is 0 Å². The normalized spacial score (nSPS) is 27.1. The second-order valence-corrected chi connectivity index (χ2v) is 7.57. The summed E-state index contributed by atoms with van der Waals surface area (Å²) in [5.41, 5.74) is 0. The largest absolute Gasteiger partial charge is 0.396 e. The fraction of sp³-hybridized carbons (Fsp3) is 1.00. The number of unbranched alkanes of at least 4 members (excludes halogenated alkanes) is 6. The van der Waals surface area contributed by atoms with Crippen molar-refractivity contribution >= 4 is 0 Å². The van der Waals surface area contributed by atoms with E-state index in [1.165, 1.54) is 64.2 Å². The molecule has 1 aliphatic carbocycles. The molecular formula is C19H38O. The lowest BCUT2D eigenvalue weighted by Crippen LogP contribution is -2.27. The van der Waals surface area contributed by atoms with Crippen molar-refractivity contribution in [3.8, 4) is 0 Å². The Balaban J connectivity index is 2.09. The number of rotatable bonds is 10. The van der Waals surface area contributed by atoms with Crippen LogP contribution in [0.3, 0.4) is 0 Å². The SMILES string of the molecule is CC1CCC(C(C)C)C(CCCCCCCCCO)C1. The first kappa shape index (κ1) is 18.0. The van der Waals surface area contributed by atoms with Gasteiger partial charge in [-0.05, 0) is 42.9 Å². The molecule has 0 heterocycles. The minimum atomic E-state index is 0.371. The number of aliphatic hydroxyl groups is 1.